The van der Waals surface area contributed by atoms with Gasteiger partial charge in [0.1, 0.15) is 5.75 Å². The second-order valence-corrected chi connectivity index (χ2v) is 10.6. The number of aliphatic hydroxyl groups is 1. The zero-order chi connectivity index (χ0) is 29.3. The van der Waals surface area contributed by atoms with Crippen LogP contribution >= 0.6 is 0 Å². The van der Waals surface area contributed by atoms with Gasteiger partial charge in [0, 0.05) is 30.5 Å². The fourth-order valence-electron chi connectivity index (χ4n) is 4.14. The van der Waals surface area contributed by atoms with Gasteiger partial charge in [-0.1, -0.05) is 19.9 Å². The number of phenols is 1. The molecule has 1 aliphatic heterocycles. The van der Waals surface area contributed by atoms with Gasteiger partial charge in [0.15, 0.2) is 17.5 Å². The summed E-state index contributed by atoms with van der Waals surface area (Å²) in [5, 5.41) is 25.2. The Morgan fingerprint density at radius 1 is 1.15 bits per heavy atom. The van der Waals surface area contributed by atoms with Crippen molar-refractivity contribution in [1.82, 2.24) is 10.6 Å². The van der Waals surface area contributed by atoms with Crippen molar-refractivity contribution in [1.29, 1.82) is 0 Å². The summed E-state index contributed by atoms with van der Waals surface area (Å²) in [7, 11) is 0. The number of ether oxygens (including phenoxy) is 1. The molecule has 0 saturated carbocycles. The van der Waals surface area contributed by atoms with E-state index in [0.29, 0.717) is 18.6 Å². The SMILES string of the molecule is Cc1c(O)cccc1C(=O)N[C@H](C(=O)C[C@@H](CO)C(=O)N[C@@H](CCCN=C(N)N)C(=O)C[C@@]1(C)CO1)C(C)C. The molecule has 0 aromatic heterocycles. The molecule has 12 heteroatoms. The van der Waals surface area contributed by atoms with Crippen LogP contribution in [0.25, 0.3) is 0 Å². The molecule has 1 aliphatic rings. The maximum Gasteiger partial charge on any atom is 0.252 e. The van der Waals surface area contributed by atoms with Gasteiger partial charge < -0.3 is 37.1 Å². The summed E-state index contributed by atoms with van der Waals surface area (Å²) in [4.78, 5) is 55.9. The summed E-state index contributed by atoms with van der Waals surface area (Å²) in [6.07, 6.45) is 0.446. The molecule has 1 aromatic rings. The highest BCUT2D eigenvalue weighted by Gasteiger charge is 2.43. The molecule has 2 amide bonds. The van der Waals surface area contributed by atoms with Crippen LogP contribution in [-0.2, 0) is 19.1 Å². The number of rotatable bonds is 16. The number of nitrogens with two attached hydrogens (primary N) is 2. The highest BCUT2D eigenvalue weighted by molar-refractivity contribution is 6.00. The Morgan fingerprint density at radius 2 is 1.82 bits per heavy atom. The lowest BCUT2D eigenvalue weighted by Crippen LogP contribution is -2.48. The maximum absolute atomic E-state index is 13.2. The number of phenolic OH excluding ortho intramolecular Hbond substituents is 1. The zero-order valence-electron chi connectivity index (χ0n) is 23.0. The van der Waals surface area contributed by atoms with Crippen molar-refractivity contribution in [3.8, 4) is 5.75 Å². The molecular formula is C27H41N5O7. The van der Waals surface area contributed by atoms with Crippen LogP contribution < -0.4 is 22.1 Å². The molecule has 1 aromatic carbocycles. The molecule has 8 N–H and O–H groups in total. The van der Waals surface area contributed by atoms with E-state index in [1.54, 1.807) is 27.7 Å². The first kappa shape index (κ1) is 31.7. The lowest BCUT2D eigenvalue weighted by Gasteiger charge is -2.25. The number of ketones is 2. The molecular weight excluding hydrogens is 506 g/mol. The summed E-state index contributed by atoms with van der Waals surface area (Å²) in [6.45, 7) is 6.98. The van der Waals surface area contributed by atoms with Crippen molar-refractivity contribution < 1.29 is 34.1 Å². The smallest absolute Gasteiger partial charge is 0.252 e. The van der Waals surface area contributed by atoms with Gasteiger partial charge in [-0.25, -0.2) is 0 Å². The lowest BCUT2D eigenvalue weighted by molar-refractivity contribution is -0.134. The van der Waals surface area contributed by atoms with E-state index in [0.717, 1.165) is 0 Å². The van der Waals surface area contributed by atoms with Crippen molar-refractivity contribution in [2.24, 2.45) is 28.3 Å². The van der Waals surface area contributed by atoms with E-state index < -0.39 is 47.8 Å². The third-order valence-electron chi connectivity index (χ3n) is 6.72. The summed E-state index contributed by atoms with van der Waals surface area (Å²) in [5.41, 5.74) is 10.7. The molecule has 216 valence electrons. The summed E-state index contributed by atoms with van der Waals surface area (Å²) in [6, 6.07) is 2.71. The van der Waals surface area contributed by atoms with Crippen molar-refractivity contribution >= 4 is 29.3 Å². The van der Waals surface area contributed by atoms with Gasteiger partial charge in [0.2, 0.25) is 5.91 Å². The minimum atomic E-state index is -1.13. The number of nitrogens with one attached hydrogen (secondary N) is 2. The van der Waals surface area contributed by atoms with E-state index in [-0.39, 0.29) is 54.8 Å². The summed E-state index contributed by atoms with van der Waals surface area (Å²) >= 11 is 0. The quantitative estimate of drug-likeness (QED) is 0.0726. The van der Waals surface area contributed by atoms with Crippen molar-refractivity contribution in [3.63, 3.8) is 0 Å². The number of benzene rings is 1. The number of hydrogen-bond acceptors (Lipinski definition) is 8. The predicted octanol–water partition coefficient (Wildman–Crippen LogP) is 0.309. The number of guanidine groups is 1. The first-order valence-electron chi connectivity index (χ1n) is 13.0. The van der Waals surface area contributed by atoms with Gasteiger partial charge in [-0.15, -0.1) is 0 Å². The van der Waals surface area contributed by atoms with Crippen molar-refractivity contribution in [2.45, 2.75) is 71.1 Å². The van der Waals surface area contributed by atoms with Gasteiger partial charge in [0.25, 0.3) is 5.91 Å². The predicted molar refractivity (Wildman–Crippen MR) is 145 cm³/mol. The number of hydrogen-bond donors (Lipinski definition) is 6. The van der Waals surface area contributed by atoms with Crippen molar-refractivity contribution in [3.05, 3.63) is 29.3 Å². The third-order valence-corrected chi connectivity index (χ3v) is 6.72. The van der Waals surface area contributed by atoms with E-state index in [1.807, 2.05) is 0 Å². The van der Waals surface area contributed by atoms with E-state index in [9.17, 15) is 29.4 Å². The molecule has 0 spiro atoms. The maximum atomic E-state index is 13.2. The van der Waals surface area contributed by atoms with E-state index in [4.69, 9.17) is 16.2 Å². The Morgan fingerprint density at radius 3 is 2.38 bits per heavy atom. The second kappa shape index (κ2) is 14.0. The van der Waals surface area contributed by atoms with E-state index >= 15 is 0 Å². The molecule has 0 aliphatic carbocycles. The Kier molecular flexibility index (Phi) is 11.4. The topological polar surface area (TPSA) is 210 Å². The standard InChI is InChI=1S/C27H41N5O7/c1-15(2)23(32-25(38)18-7-5-9-20(34)16(18)3)21(35)11-17(13-33)24(37)31-19(8-6-10-30-26(28)29)22(36)12-27(4)14-39-27/h5,7,9,15,17,19,23,33-34H,6,8,10-14H2,1-4H3,(H,31,37)(H,32,38)(H4,28,29,30)/t17-,19-,23-,27-/m0/s1. The molecule has 39 heavy (non-hydrogen) atoms. The summed E-state index contributed by atoms with van der Waals surface area (Å²) < 4.78 is 5.30. The van der Waals surface area contributed by atoms with Crippen LogP contribution in [0, 0.1) is 18.8 Å². The van der Waals surface area contributed by atoms with Gasteiger partial charge in [-0.3, -0.25) is 24.2 Å². The van der Waals surface area contributed by atoms with Crippen LogP contribution in [0.3, 0.4) is 0 Å². The molecule has 1 heterocycles. The van der Waals surface area contributed by atoms with Crippen LogP contribution in [0.15, 0.2) is 23.2 Å². The zero-order valence-corrected chi connectivity index (χ0v) is 23.0. The molecule has 0 bridgehead atoms. The Hall–Kier alpha value is -3.51. The fourth-order valence-corrected chi connectivity index (χ4v) is 4.14. The molecule has 1 saturated heterocycles. The Balaban J connectivity index is 2.09. The van der Waals surface area contributed by atoms with Gasteiger partial charge in [0.05, 0.1) is 36.8 Å². The third kappa shape index (κ3) is 9.63. The number of epoxide rings is 1. The number of aliphatic imine (C=N–C) groups is 1. The van der Waals surface area contributed by atoms with E-state index in [2.05, 4.69) is 15.6 Å². The van der Waals surface area contributed by atoms with E-state index in [1.165, 1.54) is 18.2 Å². The largest absolute Gasteiger partial charge is 0.508 e. The molecule has 2 rings (SSSR count). The molecule has 4 atom stereocenters. The number of nitrogens with zero attached hydrogens (tertiary/aromatic N) is 1. The number of aromatic hydroxyl groups is 1. The lowest BCUT2D eigenvalue weighted by atomic mass is 9.91. The second-order valence-electron chi connectivity index (χ2n) is 10.6. The molecule has 0 radical (unpaired) electrons. The highest BCUT2D eigenvalue weighted by atomic mass is 16.6. The summed E-state index contributed by atoms with van der Waals surface area (Å²) in [5.74, 6) is -3.43. The Bertz CT molecular complexity index is 1080. The van der Waals surface area contributed by atoms with Crippen LogP contribution in [0.2, 0.25) is 0 Å². The molecule has 0 unspecified atom stereocenters. The number of carbonyl (C=O) groups excluding carboxylic acids is 4. The van der Waals surface area contributed by atoms with Crippen LogP contribution in [0.5, 0.6) is 5.75 Å². The minimum Gasteiger partial charge on any atom is -0.508 e. The fraction of sp³-hybridized carbons (Fsp3) is 0.593. The molecule has 1 fully saturated rings. The number of carbonyl (C=O) groups is 4. The number of Topliss-reactive ketones (excluding diaryl/α,β-unsaturated/α-hetero) is 2. The van der Waals surface area contributed by atoms with Crippen LogP contribution in [-0.4, -0.2) is 77.0 Å². The van der Waals surface area contributed by atoms with Crippen molar-refractivity contribution in [2.75, 3.05) is 19.8 Å². The first-order chi connectivity index (χ1) is 18.3. The minimum absolute atomic E-state index is 0.0447. The monoisotopic (exact) mass is 547 g/mol. The van der Waals surface area contributed by atoms with Gasteiger partial charge in [-0.05, 0) is 44.7 Å². The first-order valence-corrected chi connectivity index (χ1v) is 13.0. The van der Waals surface area contributed by atoms with Crippen LogP contribution in [0.4, 0.5) is 0 Å². The average molecular weight is 548 g/mol. The number of amides is 2. The average Bonchev–Trinajstić information content (AvgIpc) is 3.59. The van der Waals surface area contributed by atoms with Crippen LogP contribution in [0.1, 0.15) is 62.4 Å². The number of aliphatic hydroxyl groups excluding tert-OH is 1. The van der Waals surface area contributed by atoms with Gasteiger partial charge >= 0.3 is 0 Å². The normalized spacial score (nSPS) is 18.5. The Labute approximate surface area is 228 Å². The van der Waals surface area contributed by atoms with Gasteiger partial charge in [-0.2, -0.15) is 0 Å². The highest BCUT2D eigenvalue weighted by Crippen LogP contribution is 2.31. The molecule has 12 nitrogen and oxygen atoms in total.